The molecule has 5 nitrogen and oxygen atoms in total. The Balaban J connectivity index is 3.52. The van der Waals surface area contributed by atoms with Gasteiger partial charge in [0.05, 0.1) is 5.56 Å². The van der Waals surface area contributed by atoms with Crippen molar-refractivity contribution in [2.45, 2.75) is 13.8 Å². The van der Waals surface area contributed by atoms with E-state index in [-0.39, 0.29) is 22.9 Å². The Morgan fingerprint density at radius 3 is 2.50 bits per heavy atom. The third-order valence-electron chi connectivity index (χ3n) is 1.79. The number of carboxylic acids is 1. The van der Waals surface area contributed by atoms with Gasteiger partial charge in [0.2, 0.25) is 0 Å². The van der Waals surface area contributed by atoms with Gasteiger partial charge in [-0.15, -0.1) is 0 Å². The maximum Gasteiger partial charge on any atom is 0.355 e. The normalized spacial score (nSPS) is 9.86. The average molecular weight is 194 g/mol. The van der Waals surface area contributed by atoms with Crippen LogP contribution in [0, 0.1) is 6.92 Å². The number of anilines is 1. The molecule has 14 heavy (non-hydrogen) atoms. The predicted molar refractivity (Wildman–Crippen MR) is 50.4 cm³/mol. The molecule has 0 spiro atoms. The Hall–Kier alpha value is -1.91. The molecule has 0 aliphatic heterocycles. The second kappa shape index (κ2) is 3.45. The molecular formula is C9H10N2O3. The van der Waals surface area contributed by atoms with Crippen molar-refractivity contribution in [3.8, 4) is 0 Å². The van der Waals surface area contributed by atoms with E-state index in [0.717, 1.165) is 0 Å². The zero-order valence-corrected chi connectivity index (χ0v) is 7.87. The topological polar surface area (TPSA) is 93.3 Å². The number of aromatic nitrogens is 1. The minimum absolute atomic E-state index is 0.102. The van der Waals surface area contributed by atoms with E-state index in [2.05, 4.69) is 4.98 Å². The lowest BCUT2D eigenvalue weighted by Crippen LogP contribution is -2.12. The number of pyridine rings is 1. The average Bonchev–Trinajstić information content (AvgIpc) is 2.01. The third kappa shape index (κ3) is 1.71. The highest BCUT2D eigenvalue weighted by molar-refractivity contribution is 6.04. The van der Waals surface area contributed by atoms with Gasteiger partial charge in [-0.2, -0.15) is 0 Å². The monoisotopic (exact) mass is 194 g/mol. The van der Waals surface area contributed by atoms with E-state index in [1.807, 2.05) is 0 Å². The summed E-state index contributed by atoms with van der Waals surface area (Å²) in [5, 5.41) is 8.79. The van der Waals surface area contributed by atoms with Crippen LogP contribution in [-0.2, 0) is 0 Å². The molecule has 0 amide bonds. The maximum absolute atomic E-state index is 11.2. The van der Waals surface area contributed by atoms with Gasteiger partial charge in [0.25, 0.3) is 0 Å². The molecule has 1 aromatic heterocycles. The van der Waals surface area contributed by atoms with Crippen LogP contribution in [0.5, 0.6) is 0 Å². The van der Waals surface area contributed by atoms with Crippen LogP contribution < -0.4 is 5.73 Å². The Kier molecular flexibility index (Phi) is 2.51. The zero-order valence-electron chi connectivity index (χ0n) is 7.87. The van der Waals surface area contributed by atoms with Crippen molar-refractivity contribution in [1.82, 2.24) is 4.98 Å². The number of carbonyl (C=O) groups excluding carboxylic acids is 1. The molecule has 5 heteroatoms. The highest BCUT2D eigenvalue weighted by Crippen LogP contribution is 2.15. The second-order valence-corrected chi connectivity index (χ2v) is 2.95. The number of carboxylic acid groups (broad SMARTS) is 1. The van der Waals surface area contributed by atoms with Crippen molar-refractivity contribution in [1.29, 1.82) is 0 Å². The smallest absolute Gasteiger partial charge is 0.355 e. The summed E-state index contributed by atoms with van der Waals surface area (Å²) >= 11 is 0. The predicted octanol–water partition coefficient (Wildman–Crippen LogP) is 0.873. The SMILES string of the molecule is CC(=O)c1c(C)cc(N)nc1C(=O)O. The van der Waals surface area contributed by atoms with Gasteiger partial charge in [-0.1, -0.05) is 0 Å². The number of hydrogen-bond donors (Lipinski definition) is 2. The number of ketones is 1. The van der Waals surface area contributed by atoms with E-state index < -0.39 is 5.97 Å². The molecule has 0 aromatic carbocycles. The summed E-state index contributed by atoms with van der Waals surface area (Å²) in [4.78, 5) is 25.5. The van der Waals surface area contributed by atoms with Gasteiger partial charge in [-0.25, -0.2) is 9.78 Å². The largest absolute Gasteiger partial charge is 0.476 e. The van der Waals surface area contributed by atoms with E-state index >= 15 is 0 Å². The van der Waals surface area contributed by atoms with Gasteiger partial charge in [-0.3, -0.25) is 4.79 Å². The zero-order chi connectivity index (χ0) is 10.9. The van der Waals surface area contributed by atoms with Crippen molar-refractivity contribution in [2.75, 3.05) is 5.73 Å². The van der Waals surface area contributed by atoms with Crippen LogP contribution in [0.15, 0.2) is 6.07 Å². The number of rotatable bonds is 2. The highest BCUT2D eigenvalue weighted by atomic mass is 16.4. The van der Waals surface area contributed by atoms with Crippen LogP contribution in [0.4, 0.5) is 5.82 Å². The van der Waals surface area contributed by atoms with Gasteiger partial charge in [0.15, 0.2) is 11.5 Å². The molecule has 1 aromatic rings. The van der Waals surface area contributed by atoms with E-state index in [1.165, 1.54) is 13.0 Å². The summed E-state index contributed by atoms with van der Waals surface area (Å²) < 4.78 is 0. The van der Waals surface area contributed by atoms with E-state index in [1.54, 1.807) is 6.92 Å². The molecule has 0 atom stereocenters. The van der Waals surface area contributed by atoms with Crippen LogP contribution in [0.2, 0.25) is 0 Å². The van der Waals surface area contributed by atoms with Gasteiger partial charge >= 0.3 is 5.97 Å². The van der Waals surface area contributed by atoms with Crippen molar-refractivity contribution in [3.63, 3.8) is 0 Å². The summed E-state index contributed by atoms with van der Waals surface area (Å²) in [6.07, 6.45) is 0. The number of Topliss-reactive ketones (excluding diaryl/α,β-unsaturated/α-hetero) is 1. The van der Waals surface area contributed by atoms with Crippen LogP contribution >= 0.6 is 0 Å². The number of aryl methyl sites for hydroxylation is 1. The first kappa shape index (κ1) is 10.2. The van der Waals surface area contributed by atoms with Gasteiger partial charge in [0.1, 0.15) is 5.82 Å². The number of carbonyl (C=O) groups is 2. The summed E-state index contributed by atoms with van der Waals surface area (Å²) in [6, 6.07) is 1.48. The number of aromatic carboxylic acids is 1. The van der Waals surface area contributed by atoms with Crippen LogP contribution in [0.1, 0.15) is 33.3 Å². The van der Waals surface area contributed by atoms with Crippen molar-refractivity contribution < 1.29 is 14.7 Å². The molecule has 0 aliphatic carbocycles. The maximum atomic E-state index is 11.2. The molecule has 74 valence electrons. The highest BCUT2D eigenvalue weighted by Gasteiger charge is 2.18. The number of hydrogen-bond acceptors (Lipinski definition) is 4. The lowest BCUT2D eigenvalue weighted by molar-refractivity contribution is 0.0685. The fraction of sp³-hybridized carbons (Fsp3) is 0.222. The van der Waals surface area contributed by atoms with E-state index in [4.69, 9.17) is 10.8 Å². The minimum atomic E-state index is -1.24. The molecule has 0 unspecified atom stereocenters. The first-order valence-electron chi connectivity index (χ1n) is 3.95. The quantitative estimate of drug-likeness (QED) is 0.681. The lowest BCUT2D eigenvalue weighted by atomic mass is 10.0. The fourth-order valence-corrected chi connectivity index (χ4v) is 1.30. The minimum Gasteiger partial charge on any atom is -0.476 e. The standard InChI is InChI=1S/C9H10N2O3/c1-4-3-6(10)11-8(9(13)14)7(4)5(2)12/h3H,1-2H3,(H2,10,11)(H,13,14). The fourth-order valence-electron chi connectivity index (χ4n) is 1.30. The van der Waals surface area contributed by atoms with Crippen LogP contribution in [0.25, 0.3) is 0 Å². The summed E-state index contributed by atoms with van der Waals surface area (Å²) in [7, 11) is 0. The Bertz CT molecular complexity index is 413. The summed E-state index contributed by atoms with van der Waals surface area (Å²) in [5.74, 6) is -1.47. The van der Waals surface area contributed by atoms with Crippen LogP contribution in [-0.4, -0.2) is 21.8 Å². The Morgan fingerprint density at radius 1 is 1.50 bits per heavy atom. The number of nitrogen functional groups attached to an aromatic ring is 1. The van der Waals surface area contributed by atoms with Gasteiger partial charge < -0.3 is 10.8 Å². The molecule has 0 saturated heterocycles. The summed E-state index contributed by atoms with van der Waals surface area (Å²) in [5.41, 5.74) is 5.75. The van der Waals surface area contributed by atoms with E-state index in [9.17, 15) is 9.59 Å². The lowest BCUT2D eigenvalue weighted by Gasteiger charge is -2.06. The molecular weight excluding hydrogens is 184 g/mol. The third-order valence-corrected chi connectivity index (χ3v) is 1.79. The van der Waals surface area contributed by atoms with Crippen molar-refractivity contribution in [3.05, 3.63) is 22.9 Å². The Labute approximate surface area is 80.6 Å². The number of nitrogens with zero attached hydrogens (tertiary/aromatic N) is 1. The second-order valence-electron chi connectivity index (χ2n) is 2.95. The molecule has 0 bridgehead atoms. The Morgan fingerprint density at radius 2 is 2.07 bits per heavy atom. The van der Waals surface area contributed by atoms with Gasteiger partial charge in [-0.05, 0) is 25.5 Å². The molecule has 1 rings (SSSR count). The van der Waals surface area contributed by atoms with Crippen molar-refractivity contribution >= 4 is 17.6 Å². The van der Waals surface area contributed by atoms with Crippen molar-refractivity contribution in [2.24, 2.45) is 0 Å². The molecule has 1 heterocycles. The molecule has 3 N–H and O–H groups in total. The molecule has 0 fully saturated rings. The van der Waals surface area contributed by atoms with Crippen LogP contribution in [0.3, 0.4) is 0 Å². The van der Waals surface area contributed by atoms with E-state index in [0.29, 0.717) is 5.56 Å². The molecule has 0 radical (unpaired) electrons. The first-order valence-corrected chi connectivity index (χ1v) is 3.95. The van der Waals surface area contributed by atoms with Gasteiger partial charge in [0, 0.05) is 0 Å². The first-order chi connectivity index (χ1) is 6.43. The number of nitrogens with two attached hydrogens (primary N) is 1. The molecule has 0 aliphatic rings. The molecule has 0 saturated carbocycles. The summed E-state index contributed by atoms with van der Waals surface area (Å²) in [6.45, 7) is 2.92.